The molecule has 8 heteroatoms. The molecular weight excluding hydrogens is 331 g/mol. The summed E-state index contributed by atoms with van der Waals surface area (Å²) in [6.45, 7) is 1.51. The fourth-order valence-electron chi connectivity index (χ4n) is 5.38. The summed E-state index contributed by atoms with van der Waals surface area (Å²) in [6, 6.07) is 0. The van der Waals surface area contributed by atoms with Crippen LogP contribution in [0.1, 0.15) is 58.3 Å². The van der Waals surface area contributed by atoms with Crippen LogP contribution in [-0.4, -0.2) is 30.5 Å². The van der Waals surface area contributed by atoms with Gasteiger partial charge in [-0.2, -0.15) is 8.42 Å². The van der Waals surface area contributed by atoms with Gasteiger partial charge in [0.05, 0.1) is 4.75 Å². The zero-order chi connectivity index (χ0) is 16.4. The van der Waals surface area contributed by atoms with E-state index in [2.05, 4.69) is 0 Å². The summed E-state index contributed by atoms with van der Waals surface area (Å²) in [5, 5.41) is 0. The van der Waals surface area contributed by atoms with Gasteiger partial charge in [0.1, 0.15) is 0 Å². The van der Waals surface area contributed by atoms with Crippen molar-refractivity contribution in [2.24, 2.45) is 17.8 Å². The molecular formula is C14H23FO5S2. The maximum atomic E-state index is 15.2. The number of hydrogen-bond acceptors (Lipinski definition) is 4. The Balaban J connectivity index is 2.09. The van der Waals surface area contributed by atoms with E-state index in [-0.39, 0.29) is 24.2 Å². The van der Waals surface area contributed by atoms with E-state index in [0.29, 0.717) is 19.3 Å². The molecule has 1 atom stereocenters. The van der Waals surface area contributed by atoms with Gasteiger partial charge in [0.25, 0.3) is 0 Å². The van der Waals surface area contributed by atoms with E-state index in [9.17, 15) is 21.4 Å². The fraction of sp³-hybridized carbons (Fsp3) is 1.00. The van der Waals surface area contributed by atoms with Crippen molar-refractivity contribution in [3.05, 3.63) is 0 Å². The molecule has 0 heterocycles. The molecule has 22 heavy (non-hydrogen) atoms. The molecule has 4 aliphatic carbocycles. The summed E-state index contributed by atoms with van der Waals surface area (Å²) in [5.41, 5.74) is 0. The minimum atomic E-state index is -5.33. The molecule has 0 radical (unpaired) electrons. The summed E-state index contributed by atoms with van der Waals surface area (Å²) in [7, 11) is -9.98. The third-order valence-electron chi connectivity index (χ3n) is 5.89. The standard InChI is InChI=1S/C14H23FO5S2/c1-2-3-14(15,22(18,19)20)21(16,17)13-7-10-4-11(8-13)6-12(5-10)9-13/h10-12H,2-9H2,1H3,(H,18,19,20). The Morgan fingerprint density at radius 1 is 1.05 bits per heavy atom. The van der Waals surface area contributed by atoms with Crippen molar-refractivity contribution in [1.82, 2.24) is 0 Å². The monoisotopic (exact) mass is 354 g/mol. The summed E-state index contributed by atoms with van der Waals surface area (Å²) < 4.78 is 68.8. The van der Waals surface area contributed by atoms with Gasteiger partial charge in [0.2, 0.25) is 9.84 Å². The van der Waals surface area contributed by atoms with Crippen molar-refractivity contribution in [2.45, 2.75) is 67.4 Å². The maximum absolute atomic E-state index is 15.2. The zero-order valence-corrected chi connectivity index (χ0v) is 14.3. The van der Waals surface area contributed by atoms with Crippen LogP contribution in [0.2, 0.25) is 0 Å². The Morgan fingerprint density at radius 3 is 1.77 bits per heavy atom. The Bertz CT molecular complexity index is 634. The Labute approximate surface area is 131 Å². The van der Waals surface area contributed by atoms with Crippen LogP contribution < -0.4 is 0 Å². The molecule has 1 N–H and O–H groups in total. The lowest BCUT2D eigenvalue weighted by Crippen LogP contribution is -2.61. The second kappa shape index (κ2) is 4.89. The number of rotatable bonds is 5. The number of hydrogen-bond donors (Lipinski definition) is 1. The molecule has 0 aliphatic heterocycles. The van der Waals surface area contributed by atoms with Gasteiger partial charge in [0.15, 0.2) is 0 Å². The van der Waals surface area contributed by atoms with Gasteiger partial charge in [0, 0.05) is 6.42 Å². The molecule has 0 aromatic carbocycles. The first-order valence-electron chi connectivity index (χ1n) is 7.95. The fourth-order valence-corrected chi connectivity index (χ4v) is 9.97. The number of alkyl halides is 1. The predicted octanol–water partition coefficient (Wildman–Crippen LogP) is 2.68. The van der Waals surface area contributed by atoms with E-state index in [1.807, 2.05) is 0 Å². The highest BCUT2D eigenvalue weighted by molar-refractivity contribution is 8.08. The van der Waals surface area contributed by atoms with E-state index in [1.165, 1.54) is 6.92 Å². The quantitative estimate of drug-likeness (QED) is 0.767. The largest absolute Gasteiger partial charge is 0.333 e. The van der Waals surface area contributed by atoms with Crippen LogP contribution in [0.25, 0.3) is 0 Å². The average molecular weight is 354 g/mol. The SMILES string of the molecule is CCCC(F)(S(=O)(=O)O)S(=O)(=O)C12CC3CC(CC(C3)C1)C2. The first-order chi connectivity index (χ1) is 10.0. The zero-order valence-electron chi connectivity index (χ0n) is 12.7. The van der Waals surface area contributed by atoms with Crippen LogP contribution in [0, 0.1) is 17.8 Å². The van der Waals surface area contributed by atoms with Crippen LogP contribution in [0.15, 0.2) is 0 Å². The van der Waals surface area contributed by atoms with Crippen LogP contribution in [0.3, 0.4) is 0 Å². The molecule has 0 spiro atoms. The average Bonchev–Trinajstić information content (AvgIpc) is 2.35. The molecule has 4 aliphatic rings. The van der Waals surface area contributed by atoms with Gasteiger partial charge >= 0.3 is 14.5 Å². The van der Waals surface area contributed by atoms with Crippen LogP contribution in [0.5, 0.6) is 0 Å². The highest BCUT2D eigenvalue weighted by Gasteiger charge is 2.67. The van der Waals surface area contributed by atoms with Crippen LogP contribution in [-0.2, 0) is 20.0 Å². The Kier molecular flexibility index (Phi) is 3.70. The summed E-state index contributed by atoms with van der Waals surface area (Å²) in [4.78, 5) is 0. The van der Waals surface area contributed by atoms with E-state index in [4.69, 9.17) is 0 Å². The van der Waals surface area contributed by atoms with Crippen LogP contribution in [0.4, 0.5) is 4.39 Å². The summed E-state index contributed by atoms with van der Waals surface area (Å²) in [5.74, 6) is 0.731. The molecule has 128 valence electrons. The van der Waals surface area contributed by atoms with E-state index < -0.39 is 35.5 Å². The van der Waals surface area contributed by atoms with E-state index in [0.717, 1.165) is 19.3 Å². The minimum Gasteiger partial charge on any atom is -0.282 e. The number of halogens is 1. The van der Waals surface area contributed by atoms with E-state index >= 15 is 4.39 Å². The second-order valence-corrected chi connectivity index (χ2v) is 11.9. The molecule has 4 fully saturated rings. The Morgan fingerprint density at radius 2 is 1.45 bits per heavy atom. The van der Waals surface area contributed by atoms with E-state index in [1.54, 1.807) is 0 Å². The first kappa shape index (κ1) is 16.6. The Hall–Kier alpha value is -0.210. The first-order valence-corrected chi connectivity index (χ1v) is 10.9. The third-order valence-corrected chi connectivity index (χ3v) is 10.8. The predicted molar refractivity (Wildman–Crippen MR) is 80.1 cm³/mol. The van der Waals surface area contributed by atoms with Crippen molar-refractivity contribution in [2.75, 3.05) is 0 Å². The molecule has 0 aromatic heterocycles. The van der Waals surface area contributed by atoms with Crippen LogP contribution >= 0.6 is 0 Å². The molecule has 4 bridgehead atoms. The molecule has 0 amide bonds. The van der Waals surface area contributed by atoms with Crippen molar-refractivity contribution < 1.29 is 25.8 Å². The molecule has 5 nitrogen and oxygen atoms in total. The van der Waals surface area contributed by atoms with Gasteiger partial charge in [-0.25, -0.2) is 12.8 Å². The lowest BCUT2D eigenvalue weighted by Gasteiger charge is -2.56. The lowest BCUT2D eigenvalue weighted by molar-refractivity contribution is 0.0319. The number of sulfone groups is 1. The normalized spacial score (nSPS) is 40.6. The lowest BCUT2D eigenvalue weighted by atomic mass is 9.56. The maximum Gasteiger partial charge on any atom is 0.333 e. The van der Waals surface area contributed by atoms with Gasteiger partial charge in [-0.15, -0.1) is 0 Å². The van der Waals surface area contributed by atoms with Gasteiger partial charge < -0.3 is 0 Å². The molecule has 0 aromatic rings. The van der Waals surface area contributed by atoms with Gasteiger partial charge in [-0.3, -0.25) is 4.55 Å². The second-order valence-electron chi connectivity index (χ2n) is 7.49. The van der Waals surface area contributed by atoms with Crippen molar-refractivity contribution in [3.8, 4) is 0 Å². The topological polar surface area (TPSA) is 88.5 Å². The van der Waals surface area contributed by atoms with Crippen molar-refractivity contribution in [3.63, 3.8) is 0 Å². The molecule has 4 rings (SSSR count). The molecule has 0 saturated heterocycles. The summed E-state index contributed by atoms with van der Waals surface area (Å²) >= 11 is 0. The third kappa shape index (κ3) is 2.09. The molecule has 1 unspecified atom stereocenters. The summed E-state index contributed by atoms with van der Waals surface area (Å²) in [6.07, 6.45) is 3.23. The minimum absolute atomic E-state index is 0.0296. The highest BCUT2D eigenvalue weighted by atomic mass is 32.3. The van der Waals surface area contributed by atoms with Crippen molar-refractivity contribution >= 4 is 20.0 Å². The van der Waals surface area contributed by atoms with Gasteiger partial charge in [-0.05, 0) is 56.3 Å². The van der Waals surface area contributed by atoms with Crippen molar-refractivity contribution in [1.29, 1.82) is 0 Å². The van der Waals surface area contributed by atoms with Gasteiger partial charge in [-0.1, -0.05) is 13.3 Å². The smallest absolute Gasteiger partial charge is 0.282 e. The highest BCUT2D eigenvalue weighted by Crippen LogP contribution is 2.61. The molecule has 4 saturated carbocycles.